The molecule has 0 amide bonds. The second-order valence-corrected chi connectivity index (χ2v) is 6.87. The molecule has 0 bridgehead atoms. The number of rotatable bonds is 2. The molecule has 2 aromatic rings. The maximum absolute atomic E-state index is 10.5. The first-order chi connectivity index (χ1) is 10.00. The summed E-state index contributed by atoms with van der Waals surface area (Å²) in [5.74, 6) is 0. The van der Waals surface area contributed by atoms with Gasteiger partial charge in [-0.15, -0.1) is 0 Å². The van der Waals surface area contributed by atoms with Crippen LogP contribution in [0.3, 0.4) is 0 Å². The van der Waals surface area contributed by atoms with Crippen LogP contribution in [-0.4, -0.2) is 25.9 Å². The van der Waals surface area contributed by atoms with Crippen LogP contribution in [0.4, 0.5) is 11.4 Å². The van der Waals surface area contributed by atoms with Crippen LogP contribution < -0.4 is 41.0 Å². The Bertz CT molecular complexity index is 761. The Morgan fingerprint density at radius 2 is 1.04 bits per heavy atom. The molecule has 2 rings (SSSR count). The summed E-state index contributed by atoms with van der Waals surface area (Å²) in [5.41, 5.74) is 11.5. The third-order valence-corrected chi connectivity index (χ3v) is 4.06. The van der Waals surface area contributed by atoms with Gasteiger partial charge in [-0.1, -0.05) is 0 Å². The Balaban J connectivity index is 0.000000403. The van der Waals surface area contributed by atoms with Crippen molar-refractivity contribution >= 4 is 31.6 Å². The van der Waals surface area contributed by atoms with E-state index in [1.807, 2.05) is 0 Å². The average molecular weight is 368 g/mol. The normalized spacial score (nSPS) is 10.9. The van der Waals surface area contributed by atoms with Crippen molar-refractivity contribution < 1.29 is 55.5 Å². The zero-order valence-electron chi connectivity index (χ0n) is 12.1. The monoisotopic (exact) mass is 368 g/mol. The van der Waals surface area contributed by atoms with E-state index in [1.165, 1.54) is 48.5 Å². The number of hydrogen-bond donors (Lipinski definition) is 3. The predicted octanol–water partition coefficient (Wildman–Crippen LogP) is -2.31. The van der Waals surface area contributed by atoms with E-state index in [0.717, 1.165) is 0 Å². The Morgan fingerprint density at radius 1 is 0.739 bits per heavy atom. The minimum Gasteiger partial charge on any atom is -0.744 e. The van der Waals surface area contributed by atoms with Crippen molar-refractivity contribution in [2.24, 2.45) is 0 Å². The number of anilines is 2. The van der Waals surface area contributed by atoms with E-state index in [1.54, 1.807) is 0 Å². The molecule has 5 N–H and O–H groups in total. The molecule has 0 saturated heterocycles. The van der Waals surface area contributed by atoms with E-state index in [2.05, 4.69) is 0 Å². The second-order valence-electron chi connectivity index (χ2n) is 4.07. The summed E-state index contributed by atoms with van der Waals surface area (Å²) in [4.78, 5) is -0.404. The number of benzene rings is 2. The van der Waals surface area contributed by atoms with Crippen LogP contribution in [0.15, 0.2) is 58.3 Å². The molecule has 23 heavy (non-hydrogen) atoms. The van der Waals surface area contributed by atoms with E-state index < -0.39 is 20.2 Å². The smallest absolute Gasteiger partial charge is 0.744 e. The van der Waals surface area contributed by atoms with Gasteiger partial charge in [0, 0.05) is 11.4 Å². The van der Waals surface area contributed by atoms with Gasteiger partial charge in [-0.2, -0.15) is 8.42 Å². The minimum absolute atomic E-state index is 0. The third-order valence-electron chi connectivity index (χ3n) is 2.35. The average Bonchev–Trinajstić information content (AvgIpc) is 2.38. The summed E-state index contributed by atoms with van der Waals surface area (Å²) >= 11 is 0. The van der Waals surface area contributed by atoms with Crippen molar-refractivity contribution in [3.8, 4) is 0 Å². The van der Waals surface area contributed by atoms with Gasteiger partial charge in [-0.05, 0) is 48.5 Å². The first-order valence-corrected chi connectivity index (χ1v) is 8.49. The molecule has 0 fully saturated rings. The molecule has 0 unspecified atom stereocenters. The number of hydrogen-bond acceptors (Lipinski definition) is 7. The van der Waals surface area contributed by atoms with E-state index in [9.17, 15) is 21.4 Å². The molecular formula is C12H13N2NaO6S2. The van der Waals surface area contributed by atoms with E-state index in [4.69, 9.17) is 16.0 Å². The van der Waals surface area contributed by atoms with E-state index in [-0.39, 0.29) is 39.3 Å². The van der Waals surface area contributed by atoms with Gasteiger partial charge in [-0.3, -0.25) is 4.55 Å². The molecule has 0 aromatic heterocycles. The van der Waals surface area contributed by atoms with Gasteiger partial charge in [-0.25, -0.2) is 8.42 Å². The summed E-state index contributed by atoms with van der Waals surface area (Å²) in [5, 5.41) is 0. The van der Waals surface area contributed by atoms with Crippen molar-refractivity contribution in [1.82, 2.24) is 0 Å². The van der Waals surface area contributed by atoms with E-state index >= 15 is 0 Å². The fourth-order valence-corrected chi connectivity index (χ4v) is 2.22. The van der Waals surface area contributed by atoms with Crippen molar-refractivity contribution in [3.63, 3.8) is 0 Å². The van der Waals surface area contributed by atoms with Crippen LogP contribution in [-0.2, 0) is 20.2 Å². The molecule has 11 heteroatoms. The second kappa shape index (κ2) is 8.64. The maximum atomic E-state index is 10.5. The molecule has 0 aliphatic carbocycles. The van der Waals surface area contributed by atoms with Gasteiger partial charge in [0.2, 0.25) is 0 Å². The Labute approximate surface area is 156 Å². The number of nitrogen functional groups attached to an aromatic ring is 2. The molecule has 0 aliphatic rings. The van der Waals surface area contributed by atoms with Gasteiger partial charge in [0.1, 0.15) is 10.1 Å². The largest absolute Gasteiger partial charge is 1.00 e. The van der Waals surface area contributed by atoms with Crippen LogP contribution in [0.25, 0.3) is 0 Å². The van der Waals surface area contributed by atoms with Crippen molar-refractivity contribution in [3.05, 3.63) is 48.5 Å². The standard InChI is InChI=1S/2C6H7NO3S.Na/c2*7-5-1-3-6(4-2-5)11(8,9)10;/h2*1-4H,7H2,(H,8,9,10);/q;;+1/p-1. The van der Waals surface area contributed by atoms with Crippen molar-refractivity contribution in [2.45, 2.75) is 9.79 Å². The summed E-state index contributed by atoms with van der Waals surface area (Å²) in [6.45, 7) is 0. The van der Waals surface area contributed by atoms with Crippen LogP contribution in [0.2, 0.25) is 0 Å². The van der Waals surface area contributed by atoms with Crippen LogP contribution in [0.5, 0.6) is 0 Å². The number of nitrogens with two attached hydrogens (primary N) is 2. The molecule has 0 aliphatic heterocycles. The zero-order chi connectivity index (χ0) is 17.0. The van der Waals surface area contributed by atoms with Gasteiger partial charge < -0.3 is 16.0 Å². The fraction of sp³-hybridized carbons (Fsp3) is 0. The van der Waals surface area contributed by atoms with E-state index in [0.29, 0.717) is 11.4 Å². The molecule has 2 aromatic carbocycles. The van der Waals surface area contributed by atoms with Gasteiger partial charge in [0.05, 0.1) is 9.79 Å². The quantitative estimate of drug-likeness (QED) is 0.302. The molecule has 0 atom stereocenters. The first-order valence-electron chi connectivity index (χ1n) is 5.64. The molecule has 0 spiro atoms. The van der Waals surface area contributed by atoms with Crippen LogP contribution in [0.1, 0.15) is 0 Å². The molecule has 120 valence electrons. The fourth-order valence-electron chi connectivity index (χ4n) is 1.27. The van der Waals surface area contributed by atoms with Gasteiger partial charge >= 0.3 is 29.6 Å². The molecule has 0 saturated carbocycles. The maximum Gasteiger partial charge on any atom is 1.00 e. The Hall–Kier alpha value is -1.14. The summed E-state index contributed by atoms with van der Waals surface area (Å²) in [7, 11) is -8.40. The van der Waals surface area contributed by atoms with Crippen molar-refractivity contribution in [1.29, 1.82) is 0 Å². The topological polar surface area (TPSA) is 164 Å². The summed E-state index contributed by atoms with van der Waals surface area (Å²) in [6.07, 6.45) is 0. The predicted molar refractivity (Wildman–Crippen MR) is 79.5 cm³/mol. The van der Waals surface area contributed by atoms with Crippen LogP contribution in [0, 0.1) is 0 Å². The van der Waals surface area contributed by atoms with Crippen molar-refractivity contribution in [2.75, 3.05) is 11.5 Å². The zero-order valence-corrected chi connectivity index (χ0v) is 15.7. The Morgan fingerprint density at radius 3 is 1.30 bits per heavy atom. The SMILES string of the molecule is Nc1ccc(S(=O)(=O)O)cc1.Nc1ccc(S(=O)(=O)[O-])cc1.[Na+]. The minimum atomic E-state index is -4.33. The van der Waals surface area contributed by atoms with Crippen LogP contribution >= 0.6 is 0 Å². The third kappa shape index (κ3) is 7.79. The molecule has 8 nitrogen and oxygen atoms in total. The van der Waals surface area contributed by atoms with Gasteiger partial charge in [0.15, 0.2) is 0 Å². The molecular weight excluding hydrogens is 355 g/mol. The summed E-state index contributed by atoms with van der Waals surface area (Å²) in [6, 6.07) is 10.4. The first kappa shape index (κ1) is 21.9. The van der Waals surface area contributed by atoms with Gasteiger partial charge in [0.25, 0.3) is 10.1 Å². The molecule has 0 heterocycles. The Kier molecular flexibility index (Phi) is 8.21. The molecule has 0 radical (unpaired) electrons. The summed E-state index contributed by atoms with van der Waals surface area (Å²) < 4.78 is 60.5.